The number of nitrogens with one attached hydrogen (secondary N) is 1. The number of allylic oxidation sites excluding steroid dienone is 1. The number of pyridine rings is 1. The van der Waals surface area contributed by atoms with Crippen molar-refractivity contribution in [3.63, 3.8) is 0 Å². The van der Waals surface area contributed by atoms with Crippen LogP contribution in [0.1, 0.15) is 47.2 Å². The minimum Gasteiger partial charge on any atom is -0.257 e. The number of hydrogen-bond acceptors (Lipinski definition) is 2. The molecule has 0 amide bonds. The molecule has 5 aromatic rings. The first-order valence-electron chi connectivity index (χ1n) is 12.4. The Bertz CT molecular complexity index is 1540. The molecule has 0 unspecified atom stereocenters. The Morgan fingerprint density at radius 3 is 2.31 bits per heavy atom. The van der Waals surface area contributed by atoms with Crippen molar-refractivity contribution < 1.29 is 4.39 Å². The van der Waals surface area contributed by atoms with Gasteiger partial charge in [0.05, 0.1) is 16.6 Å². The number of fused-ring (bicyclic) bond motifs is 1. The van der Waals surface area contributed by atoms with E-state index in [4.69, 9.17) is 0 Å². The predicted octanol–water partition coefficient (Wildman–Crippen LogP) is 8.03. The lowest BCUT2D eigenvalue weighted by Crippen LogP contribution is -2.15. The van der Waals surface area contributed by atoms with E-state index in [9.17, 15) is 4.39 Å². The van der Waals surface area contributed by atoms with Crippen LogP contribution in [0.15, 0.2) is 97.2 Å². The minimum atomic E-state index is -0.397. The van der Waals surface area contributed by atoms with Gasteiger partial charge in [0.2, 0.25) is 5.95 Å². The third kappa shape index (κ3) is 4.38. The lowest BCUT2D eigenvalue weighted by molar-refractivity contribution is 0.401. The Morgan fingerprint density at radius 2 is 1.58 bits per heavy atom. The Labute approximate surface area is 210 Å². The van der Waals surface area contributed by atoms with Crippen molar-refractivity contribution in [3.05, 3.63) is 131 Å². The fourth-order valence-corrected chi connectivity index (χ4v) is 4.93. The summed E-state index contributed by atoms with van der Waals surface area (Å²) < 4.78 is 14.5. The first kappa shape index (κ1) is 22.2. The second-order valence-corrected chi connectivity index (χ2v) is 9.26. The number of benzene rings is 3. The van der Waals surface area contributed by atoms with E-state index in [1.807, 2.05) is 36.4 Å². The summed E-state index contributed by atoms with van der Waals surface area (Å²) in [5.74, 6) is 0.0853. The first-order chi connectivity index (χ1) is 17.8. The number of H-pyrrole nitrogens is 1. The molecule has 1 fully saturated rings. The van der Waals surface area contributed by atoms with Crippen LogP contribution in [0.25, 0.3) is 34.2 Å². The molecule has 0 radical (unpaired) electrons. The molecule has 2 aromatic heterocycles. The molecule has 3 aromatic carbocycles. The van der Waals surface area contributed by atoms with Crippen molar-refractivity contribution >= 4 is 34.2 Å². The fourth-order valence-electron chi connectivity index (χ4n) is 4.93. The molecule has 6 rings (SSSR count). The maximum absolute atomic E-state index is 14.5. The summed E-state index contributed by atoms with van der Waals surface area (Å²) in [5, 5.41) is 7.08. The molecule has 1 N–H and O–H groups in total. The van der Waals surface area contributed by atoms with Crippen LogP contribution < -0.4 is 0 Å². The molecule has 0 saturated heterocycles. The molecule has 0 aliphatic heterocycles. The van der Waals surface area contributed by atoms with Crippen molar-refractivity contribution in [1.29, 1.82) is 0 Å². The number of aromatic nitrogens is 3. The fraction of sp³-hybridized carbons (Fsp3) is 0.125. The normalized spacial score (nSPS) is 14.7. The van der Waals surface area contributed by atoms with Gasteiger partial charge in [0.25, 0.3) is 0 Å². The van der Waals surface area contributed by atoms with Crippen LogP contribution in [0.4, 0.5) is 4.39 Å². The molecule has 1 saturated carbocycles. The first-order valence-corrected chi connectivity index (χ1v) is 12.4. The smallest absolute Gasteiger partial charge is 0.216 e. The average molecular weight is 472 g/mol. The molecule has 3 nitrogen and oxygen atoms in total. The molecule has 1 aliphatic carbocycles. The van der Waals surface area contributed by atoms with Crippen molar-refractivity contribution in [2.75, 3.05) is 0 Å². The molecule has 4 heteroatoms. The van der Waals surface area contributed by atoms with Crippen LogP contribution in [0.5, 0.6) is 0 Å². The molecular formula is C32H26FN3. The Hall–Kier alpha value is -4.31. The standard InChI is InChI=1S/C32H26FN3/c33-32-28-21-26(17-19-29(28)35-36-32)31(30(24-9-6-10-24)23-7-2-1-3-8-23)25-15-12-22(13-16-25)14-18-27-11-4-5-20-34-27/h1-5,7-8,11-21,24H,6,9-10H2,(H,35,36)/b18-14+,31-30-. The highest BCUT2D eigenvalue weighted by Gasteiger charge is 2.27. The average Bonchev–Trinajstić information content (AvgIpc) is 3.28. The van der Waals surface area contributed by atoms with Crippen LogP contribution in [0.2, 0.25) is 0 Å². The predicted molar refractivity (Wildman–Crippen MR) is 145 cm³/mol. The molecule has 2 heterocycles. The summed E-state index contributed by atoms with van der Waals surface area (Å²) in [5.41, 5.74) is 8.51. The molecule has 0 atom stereocenters. The lowest BCUT2D eigenvalue weighted by Gasteiger charge is -2.31. The third-order valence-electron chi connectivity index (χ3n) is 7.00. The van der Waals surface area contributed by atoms with E-state index in [-0.39, 0.29) is 0 Å². The summed E-state index contributed by atoms with van der Waals surface area (Å²) >= 11 is 0. The molecular weight excluding hydrogens is 445 g/mol. The summed E-state index contributed by atoms with van der Waals surface area (Å²) in [4.78, 5) is 4.37. The molecule has 0 bridgehead atoms. The van der Waals surface area contributed by atoms with Gasteiger partial charge in [-0.05, 0) is 82.5 Å². The van der Waals surface area contributed by atoms with Crippen molar-refractivity contribution in [3.8, 4) is 0 Å². The second-order valence-electron chi connectivity index (χ2n) is 9.26. The van der Waals surface area contributed by atoms with Gasteiger partial charge in [-0.3, -0.25) is 10.1 Å². The molecule has 0 spiro atoms. The number of rotatable bonds is 6. The lowest BCUT2D eigenvalue weighted by atomic mass is 9.73. The van der Waals surface area contributed by atoms with E-state index in [0.29, 0.717) is 16.8 Å². The number of aromatic amines is 1. The summed E-state index contributed by atoms with van der Waals surface area (Å²) in [6.45, 7) is 0. The highest BCUT2D eigenvalue weighted by atomic mass is 19.1. The minimum absolute atomic E-state index is 0.397. The Morgan fingerprint density at radius 1 is 0.806 bits per heavy atom. The van der Waals surface area contributed by atoms with Gasteiger partial charge in [0, 0.05) is 6.20 Å². The van der Waals surface area contributed by atoms with Crippen LogP contribution in [-0.4, -0.2) is 15.2 Å². The largest absolute Gasteiger partial charge is 0.257 e. The highest BCUT2D eigenvalue weighted by molar-refractivity contribution is 6.01. The SMILES string of the molecule is Fc1[nH]nc2ccc(/C(=C(/c3ccccc3)C3CCC3)c3ccc(/C=C/c4ccccn4)cc3)cc12. The number of halogens is 1. The molecule has 1 aliphatic rings. The zero-order chi connectivity index (χ0) is 24.3. The molecule has 176 valence electrons. The van der Waals surface area contributed by atoms with Gasteiger partial charge in [-0.15, -0.1) is 0 Å². The Balaban J connectivity index is 1.49. The summed E-state index contributed by atoms with van der Waals surface area (Å²) in [6.07, 6.45) is 9.46. The van der Waals surface area contributed by atoms with Crippen LogP contribution in [0, 0.1) is 11.9 Å². The monoisotopic (exact) mass is 471 g/mol. The highest BCUT2D eigenvalue weighted by Crippen LogP contribution is 2.45. The van der Waals surface area contributed by atoms with Gasteiger partial charge in [0.1, 0.15) is 0 Å². The van der Waals surface area contributed by atoms with Crippen LogP contribution in [-0.2, 0) is 0 Å². The van der Waals surface area contributed by atoms with E-state index in [1.54, 1.807) is 6.20 Å². The van der Waals surface area contributed by atoms with Gasteiger partial charge >= 0.3 is 0 Å². The maximum atomic E-state index is 14.5. The van der Waals surface area contributed by atoms with Gasteiger partial charge < -0.3 is 0 Å². The van der Waals surface area contributed by atoms with Gasteiger partial charge in [-0.2, -0.15) is 9.49 Å². The molecule has 36 heavy (non-hydrogen) atoms. The third-order valence-corrected chi connectivity index (χ3v) is 7.00. The van der Waals surface area contributed by atoms with Gasteiger partial charge in [-0.25, -0.2) is 0 Å². The van der Waals surface area contributed by atoms with E-state index < -0.39 is 5.95 Å². The number of nitrogens with zero attached hydrogens (tertiary/aromatic N) is 2. The quantitative estimate of drug-likeness (QED) is 0.255. The summed E-state index contributed by atoms with van der Waals surface area (Å²) in [6, 6.07) is 31.0. The van der Waals surface area contributed by atoms with E-state index in [2.05, 4.69) is 81.9 Å². The van der Waals surface area contributed by atoms with E-state index in [1.165, 1.54) is 30.4 Å². The van der Waals surface area contributed by atoms with Crippen molar-refractivity contribution in [2.45, 2.75) is 19.3 Å². The van der Waals surface area contributed by atoms with Crippen molar-refractivity contribution in [2.24, 2.45) is 5.92 Å². The van der Waals surface area contributed by atoms with Gasteiger partial charge in [-0.1, -0.05) is 79.2 Å². The second kappa shape index (κ2) is 9.74. The zero-order valence-corrected chi connectivity index (χ0v) is 19.9. The van der Waals surface area contributed by atoms with Crippen LogP contribution >= 0.6 is 0 Å². The van der Waals surface area contributed by atoms with E-state index >= 15 is 0 Å². The maximum Gasteiger partial charge on any atom is 0.216 e. The van der Waals surface area contributed by atoms with E-state index in [0.717, 1.165) is 28.0 Å². The topological polar surface area (TPSA) is 41.6 Å². The Kier molecular flexibility index (Phi) is 6.00. The number of hydrogen-bond donors (Lipinski definition) is 1. The van der Waals surface area contributed by atoms with Gasteiger partial charge in [0.15, 0.2) is 0 Å². The van der Waals surface area contributed by atoms with Crippen LogP contribution in [0.3, 0.4) is 0 Å². The summed E-state index contributed by atoms with van der Waals surface area (Å²) in [7, 11) is 0. The van der Waals surface area contributed by atoms with Crippen molar-refractivity contribution in [1.82, 2.24) is 15.2 Å². The zero-order valence-electron chi connectivity index (χ0n) is 19.9.